The van der Waals surface area contributed by atoms with Crippen molar-refractivity contribution in [1.29, 1.82) is 0 Å². The van der Waals surface area contributed by atoms with Crippen molar-refractivity contribution in [2.24, 2.45) is 0 Å². The fourth-order valence-electron chi connectivity index (χ4n) is 17.8. The van der Waals surface area contributed by atoms with Gasteiger partial charge in [-0.25, -0.2) is 0 Å². The molecule has 0 N–H and O–H groups in total. The van der Waals surface area contributed by atoms with Crippen molar-refractivity contribution in [3.63, 3.8) is 0 Å². The van der Waals surface area contributed by atoms with E-state index in [-0.39, 0.29) is 0 Å². The molecule has 102 heavy (non-hydrogen) atoms. The van der Waals surface area contributed by atoms with Crippen LogP contribution in [0.5, 0.6) is 0 Å². The highest BCUT2D eigenvalue weighted by Crippen LogP contribution is 2.52. The third-order valence-electron chi connectivity index (χ3n) is 22.4. The second-order valence-corrected chi connectivity index (χ2v) is 27.7. The number of furan rings is 4. The average Bonchev–Trinajstić information content (AvgIpc) is 1.52. The van der Waals surface area contributed by atoms with Crippen molar-refractivity contribution in [2.75, 3.05) is 0 Å². The Morgan fingerprint density at radius 3 is 0.843 bits per heavy atom. The number of aromatic nitrogens is 2. The SMILES string of the molecule is c1ccc(-c2ccc(-c3ccccc3)c(-c3cc4c5ccc6c7ccccc7oc6c5n5c4c(c3)c3ccc4c6ccc(-c7ccc(-c8ccc(-c9cc%10c%11ccc%12c%13ccccc%13oc%12c%11n%11c%10c(c9)c9ccc%10c%12ccccc%12oc%10c9%11)c(-c9ccccc9)c8)cc7)cc6oc4c35)c2)cc1. The summed E-state index contributed by atoms with van der Waals surface area (Å²) < 4.78 is 33.0. The molecule has 0 fully saturated rings. The molecule has 0 amide bonds. The number of benzene rings is 16. The summed E-state index contributed by atoms with van der Waals surface area (Å²) in [6.45, 7) is 0. The number of hydrogen-bond donors (Lipinski definition) is 0. The first-order valence-corrected chi connectivity index (χ1v) is 34.9. The Labute approximate surface area is 580 Å². The van der Waals surface area contributed by atoms with E-state index in [2.05, 4.69) is 312 Å². The van der Waals surface area contributed by atoms with E-state index in [1.807, 2.05) is 12.1 Å². The van der Waals surface area contributed by atoms with Gasteiger partial charge in [0.05, 0.1) is 33.1 Å². The molecular weight excluding hydrogens is 1250 g/mol. The second-order valence-electron chi connectivity index (χ2n) is 27.7. The number of fused-ring (bicyclic) bond motifs is 28. The maximum Gasteiger partial charge on any atom is 0.160 e. The zero-order valence-electron chi connectivity index (χ0n) is 54.5. The van der Waals surface area contributed by atoms with E-state index in [1.54, 1.807) is 0 Å². The smallest absolute Gasteiger partial charge is 0.160 e. The minimum Gasteiger partial charge on any atom is -0.454 e. The van der Waals surface area contributed by atoms with E-state index >= 15 is 0 Å². The monoisotopic (exact) mass is 1300 g/mol. The van der Waals surface area contributed by atoms with Crippen LogP contribution < -0.4 is 0 Å². The van der Waals surface area contributed by atoms with Crippen LogP contribution in [0.15, 0.2) is 333 Å². The van der Waals surface area contributed by atoms with Crippen LogP contribution in [-0.4, -0.2) is 8.80 Å². The van der Waals surface area contributed by atoms with Gasteiger partial charge >= 0.3 is 0 Å². The molecule has 0 bridgehead atoms. The van der Waals surface area contributed by atoms with Gasteiger partial charge in [0, 0.05) is 86.2 Å². The van der Waals surface area contributed by atoms with E-state index in [0.717, 1.165) is 198 Å². The zero-order chi connectivity index (χ0) is 66.2. The fraction of sp³-hybridized carbons (Fsp3) is 0. The Balaban J connectivity index is 0.650. The van der Waals surface area contributed by atoms with Crippen LogP contribution in [-0.2, 0) is 0 Å². The van der Waals surface area contributed by atoms with E-state index in [1.165, 1.54) is 44.0 Å². The first-order chi connectivity index (χ1) is 50.6. The van der Waals surface area contributed by atoms with E-state index < -0.39 is 0 Å². The van der Waals surface area contributed by atoms with Gasteiger partial charge in [-0.05, 0) is 169 Å². The standard InChI is InChI=1S/C96H52N2O4/c1-4-16-53(17-5-1)58-32-35-63(56-18-6-2-7-19-56)78(47-58)62-50-81-71-40-44-75-67-24-12-15-27-85(67)101-95(75)91(71)98-88(81)82(51-62)72-41-45-76-68-37-34-60(52-86(68)102-96(76)92(72)98)55-30-28-54(29-31-55)59-33-36-64(77(46-59)57-20-8-3-9-21-57)61-48-79-69-38-42-73-65-22-10-13-25-83(65)99-93(73)89(69)97-87(79)80(49-61)70-39-43-74-66-23-11-14-26-84(66)100-94(74)90(70)97/h1-52H. The molecule has 8 aromatic heterocycles. The molecule has 8 heterocycles. The summed E-state index contributed by atoms with van der Waals surface area (Å²) in [5.74, 6) is 0. The summed E-state index contributed by atoms with van der Waals surface area (Å²) >= 11 is 0. The maximum absolute atomic E-state index is 7.33. The largest absolute Gasteiger partial charge is 0.454 e. The Kier molecular flexibility index (Phi) is 10.7. The summed E-state index contributed by atoms with van der Waals surface area (Å²) in [5, 5.41) is 17.9. The molecule has 0 aliphatic heterocycles. The topological polar surface area (TPSA) is 61.4 Å². The normalized spacial score (nSPS) is 12.5. The van der Waals surface area contributed by atoms with Crippen LogP contribution in [0.1, 0.15) is 0 Å². The second kappa shape index (κ2) is 20.0. The summed E-state index contributed by atoms with van der Waals surface area (Å²) in [6, 6.07) is 115. The molecule has 470 valence electrons. The maximum atomic E-state index is 7.33. The molecule has 0 radical (unpaired) electrons. The van der Waals surface area contributed by atoms with Crippen LogP contribution in [0.3, 0.4) is 0 Å². The Bertz CT molecular complexity index is 7550. The van der Waals surface area contributed by atoms with Crippen molar-refractivity contribution in [2.45, 2.75) is 0 Å². The summed E-state index contributed by atoms with van der Waals surface area (Å²) in [6.07, 6.45) is 0. The van der Waals surface area contributed by atoms with Gasteiger partial charge in [0.1, 0.15) is 22.3 Å². The Morgan fingerprint density at radius 1 is 0.147 bits per heavy atom. The lowest BCUT2D eigenvalue weighted by molar-refractivity contribution is 0.669. The van der Waals surface area contributed by atoms with Crippen LogP contribution in [0.25, 0.3) is 242 Å². The number of rotatable bonds is 7. The molecule has 6 nitrogen and oxygen atoms in total. The highest BCUT2D eigenvalue weighted by Gasteiger charge is 2.29. The van der Waals surface area contributed by atoms with Crippen LogP contribution >= 0.6 is 0 Å². The molecule has 0 saturated carbocycles. The highest BCUT2D eigenvalue weighted by atomic mass is 16.3. The van der Waals surface area contributed by atoms with Gasteiger partial charge in [-0.3, -0.25) is 0 Å². The van der Waals surface area contributed by atoms with Crippen LogP contribution in [0, 0.1) is 0 Å². The average molecular weight is 1300 g/mol. The molecule has 0 saturated heterocycles. The van der Waals surface area contributed by atoms with E-state index in [0.29, 0.717) is 0 Å². The molecule has 24 aromatic rings. The van der Waals surface area contributed by atoms with Gasteiger partial charge in [-0.1, -0.05) is 224 Å². The molecule has 16 aromatic carbocycles. The summed E-state index contributed by atoms with van der Waals surface area (Å²) in [7, 11) is 0. The summed E-state index contributed by atoms with van der Waals surface area (Å²) in [5.41, 5.74) is 29.5. The lowest BCUT2D eigenvalue weighted by Gasteiger charge is -2.14. The minimum atomic E-state index is 0.835. The minimum absolute atomic E-state index is 0.835. The molecule has 0 unspecified atom stereocenters. The first-order valence-electron chi connectivity index (χ1n) is 34.9. The molecular formula is C96H52N2O4. The third kappa shape index (κ3) is 7.35. The van der Waals surface area contributed by atoms with Crippen molar-refractivity contribution in [3.8, 4) is 77.9 Å². The quantitative estimate of drug-likeness (QED) is 0.160. The Hall–Kier alpha value is -13.7. The Morgan fingerprint density at radius 2 is 0.422 bits per heavy atom. The van der Waals surface area contributed by atoms with Gasteiger partial charge in [-0.15, -0.1) is 0 Å². The van der Waals surface area contributed by atoms with Gasteiger partial charge in [-0.2, -0.15) is 0 Å². The lowest BCUT2D eigenvalue weighted by atomic mass is 9.89. The van der Waals surface area contributed by atoms with Crippen molar-refractivity contribution < 1.29 is 17.7 Å². The molecule has 0 atom stereocenters. The van der Waals surface area contributed by atoms with Crippen molar-refractivity contribution in [3.05, 3.63) is 315 Å². The summed E-state index contributed by atoms with van der Waals surface area (Å²) in [4.78, 5) is 0. The van der Waals surface area contributed by atoms with Crippen LogP contribution in [0.4, 0.5) is 0 Å². The molecule has 0 aliphatic carbocycles. The van der Waals surface area contributed by atoms with Crippen molar-refractivity contribution >= 4 is 164 Å². The lowest BCUT2D eigenvalue weighted by Crippen LogP contribution is -1.88. The third-order valence-corrected chi connectivity index (χ3v) is 22.4. The fourth-order valence-corrected chi connectivity index (χ4v) is 17.8. The number of para-hydroxylation sites is 3. The first kappa shape index (κ1) is 54.3. The van der Waals surface area contributed by atoms with Gasteiger partial charge < -0.3 is 26.5 Å². The predicted molar refractivity (Wildman–Crippen MR) is 423 cm³/mol. The molecule has 0 aliphatic rings. The van der Waals surface area contributed by atoms with Crippen molar-refractivity contribution in [1.82, 2.24) is 8.80 Å². The predicted octanol–water partition coefficient (Wildman–Crippen LogP) is 27.3. The van der Waals surface area contributed by atoms with Gasteiger partial charge in [0.2, 0.25) is 0 Å². The highest BCUT2D eigenvalue weighted by molar-refractivity contribution is 6.34. The van der Waals surface area contributed by atoms with E-state index in [9.17, 15) is 0 Å². The molecule has 24 rings (SSSR count). The van der Waals surface area contributed by atoms with Gasteiger partial charge in [0.15, 0.2) is 22.3 Å². The van der Waals surface area contributed by atoms with Gasteiger partial charge in [0.25, 0.3) is 0 Å². The molecule has 6 heteroatoms. The number of hydrogen-bond acceptors (Lipinski definition) is 4. The zero-order valence-corrected chi connectivity index (χ0v) is 54.5. The molecule has 0 spiro atoms. The van der Waals surface area contributed by atoms with Crippen LogP contribution in [0.2, 0.25) is 0 Å². The number of nitrogens with zero attached hydrogens (tertiary/aromatic N) is 2. The van der Waals surface area contributed by atoms with E-state index in [4.69, 9.17) is 17.7 Å².